The molecular weight excluding hydrogens is 303 g/mol. The summed E-state index contributed by atoms with van der Waals surface area (Å²) in [5.74, 6) is 0.767. The summed E-state index contributed by atoms with van der Waals surface area (Å²) in [5, 5.41) is 9.54. The van der Waals surface area contributed by atoms with Crippen molar-refractivity contribution in [2.24, 2.45) is 5.41 Å². The first-order valence-corrected chi connectivity index (χ1v) is 8.54. The van der Waals surface area contributed by atoms with E-state index in [0.717, 1.165) is 23.1 Å². The lowest BCUT2D eigenvalue weighted by atomic mass is 9.75. The molecule has 2 aromatic rings. The van der Waals surface area contributed by atoms with Crippen LogP contribution >= 0.6 is 0 Å². The standard InChI is InChI=1S/C21H25FO2/c1-21(2)10-4-5-19(21)17-11-14(13-23)6-8-16(17)18-12-15(24-3)7-9-20(18)22/h6-9,11-12,19,23H,4-5,10,13H2,1-3H3. The van der Waals surface area contributed by atoms with Gasteiger partial charge in [-0.3, -0.25) is 0 Å². The molecule has 0 bridgehead atoms. The van der Waals surface area contributed by atoms with E-state index >= 15 is 0 Å². The number of halogens is 1. The van der Waals surface area contributed by atoms with Crippen LogP contribution in [0.5, 0.6) is 5.75 Å². The maximum atomic E-state index is 14.5. The zero-order valence-electron chi connectivity index (χ0n) is 14.6. The summed E-state index contributed by atoms with van der Waals surface area (Å²) >= 11 is 0. The van der Waals surface area contributed by atoms with Crippen LogP contribution in [0.3, 0.4) is 0 Å². The Morgan fingerprint density at radius 2 is 1.96 bits per heavy atom. The normalized spacial score (nSPS) is 19.5. The van der Waals surface area contributed by atoms with Crippen molar-refractivity contribution in [2.45, 2.75) is 45.6 Å². The third-order valence-corrected chi connectivity index (χ3v) is 5.39. The van der Waals surface area contributed by atoms with Crippen molar-refractivity contribution in [1.29, 1.82) is 0 Å². The van der Waals surface area contributed by atoms with Crippen LogP contribution in [0.1, 0.15) is 50.2 Å². The van der Waals surface area contributed by atoms with E-state index in [1.165, 1.54) is 18.9 Å². The Labute approximate surface area is 143 Å². The first kappa shape index (κ1) is 17.0. The van der Waals surface area contributed by atoms with E-state index in [2.05, 4.69) is 13.8 Å². The number of ether oxygens (including phenoxy) is 1. The molecule has 0 saturated heterocycles. The lowest BCUT2D eigenvalue weighted by Gasteiger charge is -2.30. The second kappa shape index (κ2) is 6.56. The maximum Gasteiger partial charge on any atom is 0.131 e. The van der Waals surface area contributed by atoms with Gasteiger partial charge in [0.05, 0.1) is 13.7 Å². The van der Waals surface area contributed by atoms with Gasteiger partial charge in [0.25, 0.3) is 0 Å². The Morgan fingerprint density at radius 3 is 2.58 bits per heavy atom. The van der Waals surface area contributed by atoms with Gasteiger partial charge in [0.1, 0.15) is 11.6 Å². The number of methoxy groups -OCH3 is 1. The van der Waals surface area contributed by atoms with E-state index in [1.807, 2.05) is 18.2 Å². The second-order valence-electron chi connectivity index (χ2n) is 7.36. The molecule has 1 aliphatic rings. The molecule has 2 aromatic carbocycles. The summed E-state index contributed by atoms with van der Waals surface area (Å²) in [6.07, 6.45) is 3.45. The molecule has 0 aliphatic heterocycles. The van der Waals surface area contributed by atoms with Crippen molar-refractivity contribution in [2.75, 3.05) is 7.11 Å². The van der Waals surface area contributed by atoms with E-state index in [4.69, 9.17) is 4.74 Å². The quantitative estimate of drug-likeness (QED) is 0.826. The number of aliphatic hydroxyl groups excluding tert-OH is 1. The van der Waals surface area contributed by atoms with E-state index in [9.17, 15) is 9.50 Å². The maximum absolute atomic E-state index is 14.5. The van der Waals surface area contributed by atoms with E-state index in [0.29, 0.717) is 17.2 Å². The third-order valence-electron chi connectivity index (χ3n) is 5.39. The van der Waals surface area contributed by atoms with Gasteiger partial charge in [-0.25, -0.2) is 4.39 Å². The molecule has 3 rings (SSSR count). The van der Waals surface area contributed by atoms with Crippen molar-refractivity contribution < 1.29 is 14.2 Å². The summed E-state index contributed by atoms with van der Waals surface area (Å²) in [5.41, 5.74) is 3.66. The number of hydrogen-bond donors (Lipinski definition) is 1. The lowest BCUT2D eigenvalue weighted by Crippen LogP contribution is -2.16. The minimum absolute atomic E-state index is 0.00101. The first-order valence-electron chi connectivity index (χ1n) is 8.54. The molecule has 128 valence electrons. The van der Waals surface area contributed by atoms with Crippen LogP contribution in [-0.2, 0) is 6.61 Å². The fraction of sp³-hybridized carbons (Fsp3) is 0.429. The van der Waals surface area contributed by atoms with Crippen LogP contribution < -0.4 is 4.74 Å². The van der Waals surface area contributed by atoms with Crippen LogP contribution in [0.2, 0.25) is 0 Å². The van der Waals surface area contributed by atoms with E-state index in [-0.39, 0.29) is 17.8 Å². The zero-order chi connectivity index (χ0) is 17.3. The van der Waals surface area contributed by atoms with Gasteiger partial charge in [-0.05, 0) is 59.1 Å². The number of benzene rings is 2. The molecule has 0 spiro atoms. The molecule has 1 aliphatic carbocycles. The minimum Gasteiger partial charge on any atom is -0.497 e. The van der Waals surface area contributed by atoms with Crippen molar-refractivity contribution in [1.82, 2.24) is 0 Å². The van der Waals surface area contributed by atoms with Crippen LogP contribution in [0.25, 0.3) is 11.1 Å². The molecule has 0 amide bonds. The first-order chi connectivity index (χ1) is 11.5. The molecule has 1 fully saturated rings. The van der Waals surface area contributed by atoms with Crippen LogP contribution in [0.4, 0.5) is 4.39 Å². The van der Waals surface area contributed by atoms with Crippen molar-refractivity contribution in [3.63, 3.8) is 0 Å². The molecule has 0 radical (unpaired) electrons. The molecule has 1 atom stereocenters. The molecule has 1 N–H and O–H groups in total. The van der Waals surface area contributed by atoms with Gasteiger partial charge in [-0.15, -0.1) is 0 Å². The summed E-state index contributed by atoms with van der Waals surface area (Å²) in [6, 6.07) is 10.7. The fourth-order valence-corrected chi connectivity index (χ4v) is 3.99. The zero-order valence-corrected chi connectivity index (χ0v) is 14.6. The molecular formula is C21H25FO2. The van der Waals surface area contributed by atoms with Gasteiger partial charge < -0.3 is 9.84 Å². The lowest BCUT2D eigenvalue weighted by molar-refractivity contribution is 0.281. The summed E-state index contributed by atoms with van der Waals surface area (Å²) in [4.78, 5) is 0. The summed E-state index contributed by atoms with van der Waals surface area (Å²) in [6.45, 7) is 4.56. The molecule has 0 heterocycles. The van der Waals surface area contributed by atoms with E-state index < -0.39 is 0 Å². The Morgan fingerprint density at radius 1 is 1.17 bits per heavy atom. The van der Waals surface area contributed by atoms with Crippen molar-refractivity contribution >= 4 is 0 Å². The SMILES string of the molecule is COc1ccc(F)c(-c2ccc(CO)cc2C2CCCC2(C)C)c1. The number of hydrogen-bond acceptors (Lipinski definition) is 2. The highest BCUT2D eigenvalue weighted by Gasteiger charge is 2.37. The number of aliphatic hydroxyl groups is 1. The predicted molar refractivity (Wildman–Crippen MR) is 94.7 cm³/mol. The van der Waals surface area contributed by atoms with Gasteiger partial charge in [-0.1, -0.05) is 38.5 Å². The van der Waals surface area contributed by atoms with Crippen LogP contribution in [0.15, 0.2) is 36.4 Å². The molecule has 1 unspecified atom stereocenters. The van der Waals surface area contributed by atoms with Gasteiger partial charge in [0.15, 0.2) is 0 Å². The molecule has 0 aromatic heterocycles. The highest BCUT2D eigenvalue weighted by atomic mass is 19.1. The average Bonchev–Trinajstić information content (AvgIpc) is 2.94. The van der Waals surface area contributed by atoms with Gasteiger partial charge in [-0.2, -0.15) is 0 Å². The Bertz CT molecular complexity index is 737. The molecule has 3 heteroatoms. The Hall–Kier alpha value is -1.87. The third kappa shape index (κ3) is 3.05. The van der Waals surface area contributed by atoms with Gasteiger partial charge in [0, 0.05) is 5.56 Å². The molecule has 1 saturated carbocycles. The highest BCUT2D eigenvalue weighted by Crippen LogP contribution is 2.51. The largest absolute Gasteiger partial charge is 0.497 e. The van der Waals surface area contributed by atoms with Crippen molar-refractivity contribution in [3.8, 4) is 16.9 Å². The van der Waals surface area contributed by atoms with Gasteiger partial charge in [0.2, 0.25) is 0 Å². The van der Waals surface area contributed by atoms with Crippen LogP contribution in [-0.4, -0.2) is 12.2 Å². The predicted octanol–water partition coefficient (Wildman–Crippen LogP) is 5.29. The number of rotatable bonds is 4. The topological polar surface area (TPSA) is 29.5 Å². The molecule has 24 heavy (non-hydrogen) atoms. The fourth-order valence-electron chi connectivity index (χ4n) is 3.99. The molecule has 2 nitrogen and oxygen atoms in total. The second-order valence-corrected chi connectivity index (χ2v) is 7.36. The monoisotopic (exact) mass is 328 g/mol. The van der Waals surface area contributed by atoms with Gasteiger partial charge >= 0.3 is 0 Å². The van der Waals surface area contributed by atoms with Crippen molar-refractivity contribution in [3.05, 3.63) is 53.3 Å². The van der Waals surface area contributed by atoms with E-state index in [1.54, 1.807) is 19.2 Å². The smallest absolute Gasteiger partial charge is 0.131 e. The summed E-state index contributed by atoms with van der Waals surface area (Å²) < 4.78 is 19.8. The Balaban J connectivity index is 2.18. The minimum atomic E-state index is -0.246. The average molecular weight is 328 g/mol. The Kier molecular flexibility index (Phi) is 4.64. The highest BCUT2D eigenvalue weighted by molar-refractivity contribution is 5.71. The summed E-state index contributed by atoms with van der Waals surface area (Å²) in [7, 11) is 1.59. The van der Waals surface area contributed by atoms with Crippen LogP contribution in [0, 0.1) is 11.2 Å².